The Bertz CT molecular complexity index is 812. The Kier molecular flexibility index (Phi) is 5.03. The van der Waals surface area contributed by atoms with Gasteiger partial charge >= 0.3 is 0 Å². The number of hydrogen-bond donors (Lipinski definition) is 0. The molecule has 134 valence electrons. The highest BCUT2D eigenvalue weighted by Gasteiger charge is 2.09. The maximum Gasteiger partial charge on any atom is 0.124 e. The fraction of sp³-hybridized carbons (Fsp3) is 0.250. The van der Waals surface area contributed by atoms with Gasteiger partial charge in [0.25, 0.3) is 0 Å². The van der Waals surface area contributed by atoms with Crippen LogP contribution in [0, 0.1) is 27.7 Å². The summed E-state index contributed by atoms with van der Waals surface area (Å²) in [6.45, 7) is 8.36. The Balaban J connectivity index is 1.97. The zero-order valence-corrected chi connectivity index (χ0v) is 16.4. The summed E-state index contributed by atoms with van der Waals surface area (Å²) in [5, 5.41) is 0. The third-order valence-corrected chi connectivity index (χ3v) is 4.88. The molecule has 0 spiro atoms. The van der Waals surface area contributed by atoms with Crippen LogP contribution in [-0.4, -0.2) is 14.2 Å². The Morgan fingerprint density at radius 3 is 0.962 bits per heavy atom. The van der Waals surface area contributed by atoms with E-state index in [1.807, 2.05) is 0 Å². The summed E-state index contributed by atoms with van der Waals surface area (Å²) in [7, 11) is 3.45. The van der Waals surface area contributed by atoms with E-state index < -0.39 is 0 Å². The second-order valence-corrected chi connectivity index (χ2v) is 6.86. The molecule has 0 N–H and O–H groups in total. The maximum atomic E-state index is 5.47. The van der Waals surface area contributed by atoms with Crippen LogP contribution in [-0.2, 0) is 0 Å². The molecule has 0 amide bonds. The average molecular weight is 346 g/mol. The molecule has 0 bridgehead atoms. The second kappa shape index (κ2) is 7.25. The molecule has 0 aliphatic rings. The molecule has 0 saturated heterocycles. The standard InChI is InChI=1S/C24H26O2/c1-15-11-21(12-16(2)23(15)25-5)19-7-9-20(10-8-19)22-13-17(3)24(26-6)18(4)14-22/h7-14H,1-6H3. The zero-order valence-electron chi connectivity index (χ0n) is 16.4. The molecule has 2 nitrogen and oxygen atoms in total. The van der Waals surface area contributed by atoms with Gasteiger partial charge in [-0.3, -0.25) is 0 Å². The Hall–Kier alpha value is -2.74. The van der Waals surface area contributed by atoms with Gasteiger partial charge in [0, 0.05) is 0 Å². The van der Waals surface area contributed by atoms with Crippen LogP contribution >= 0.6 is 0 Å². The summed E-state index contributed by atoms with van der Waals surface area (Å²) in [4.78, 5) is 0. The lowest BCUT2D eigenvalue weighted by molar-refractivity contribution is 0.408. The number of rotatable bonds is 4. The van der Waals surface area contributed by atoms with Gasteiger partial charge in [0.2, 0.25) is 0 Å². The molecule has 3 rings (SSSR count). The van der Waals surface area contributed by atoms with Crippen molar-refractivity contribution in [3.63, 3.8) is 0 Å². The zero-order chi connectivity index (χ0) is 18.8. The Morgan fingerprint density at radius 2 is 0.731 bits per heavy atom. The number of methoxy groups -OCH3 is 2. The molecule has 0 heterocycles. The molecule has 3 aromatic carbocycles. The quantitative estimate of drug-likeness (QED) is 0.554. The monoisotopic (exact) mass is 346 g/mol. The van der Waals surface area contributed by atoms with Gasteiger partial charge in [0.05, 0.1) is 14.2 Å². The van der Waals surface area contributed by atoms with Gasteiger partial charge in [-0.15, -0.1) is 0 Å². The molecule has 3 aromatic rings. The van der Waals surface area contributed by atoms with Crippen LogP contribution in [0.2, 0.25) is 0 Å². The minimum atomic E-state index is 0.967. The first-order valence-electron chi connectivity index (χ1n) is 8.86. The lowest BCUT2D eigenvalue weighted by Crippen LogP contribution is -1.93. The molecule has 0 saturated carbocycles. The van der Waals surface area contributed by atoms with E-state index in [1.54, 1.807) is 14.2 Å². The maximum absolute atomic E-state index is 5.47. The van der Waals surface area contributed by atoms with E-state index in [2.05, 4.69) is 76.2 Å². The number of hydrogen-bond acceptors (Lipinski definition) is 2. The highest BCUT2D eigenvalue weighted by molar-refractivity contribution is 5.73. The summed E-state index contributed by atoms with van der Waals surface area (Å²) in [6, 6.07) is 17.5. The van der Waals surface area contributed by atoms with Crippen molar-refractivity contribution in [1.29, 1.82) is 0 Å². The first-order valence-corrected chi connectivity index (χ1v) is 8.86. The van der Waals surface area contributed by atoms with E-state index >= 15 is 0 Å². The van der Waals surface area contributed by atoms with Gasteiger partial charge in [-0.2, -0.15) is 0 Å². The van der Waals surface area contributed by atoms with Gasteiger partial charge in [0.1, 0.15) is 11.5 Å². The van der Waals surface area contributed by atoms with Crippen LogP contribution in [0.5, 0.6) is 11.5 Å². The average Bonchev–Trinajstić information content (AvgIpc) is 2.61. The topological polar surface area (TPSA) is 18.5 Å². The smallest absolute Gasteiger partial charge is 0.124 e. The lowest BCUT2D eigenvalue weighted by atomic mass is 9.96. The van der Waals surface area contributed by atoms with Crippen molar-refractivity contribution >= 4 is 0 Å². The fourth-order valence-corrected chi connectivity index (χ4v) is 3.73. The van der Waals surface area contributed by atoms with Crippen LogP contribution in [0.4, 0.5) is 0 Å². The van der Waals surface area contributed by atoms with Crippen LogP contribution in [0.1, 0.15) is 22.3 Å². The molecular weight excluding hydrogens is 320 g/mol. The molecular formula is C24H26O2. The minimum absolute atomic E-state index is 0.967. The largest absolute Gasteiger partial charge is 0.496 e. The molecule has 0 aromatic heterocycles. The van der Waals surface area contributed by atoms with Crippen molar-refractivity contribution in [2.45, 2.75) is 27.7 Å². The molecule has 26 heavy (non-hydrogen) atoms. The van der Waals surface area contributed by atoms with Crippen molar-refractivity contribution in [3.8, 4) is 33.8 Å². The van der Waals surface area contributed by atoms with E-state index in [0.717, 1.165) is 33.8 Å². The summed E-state index contributed by atoms with van der Waals surface area (Å²) >= 11 is 0. The van der Waals surface area contributed by atoms with Crippen molar-refractivity contribution in [3.05, 3.63) is 70.8 Å². The van der Waals surface area contributed by atoms with E-state index in [0.29, 0.717) is 0 Å². The van der Waals surface area contributed by atoms with E-state index in [9.17, 15) is 0 Å². The molecule has 0 aliphatic heterocycles. The van der Waals surface area contributed by atoms with Gasteiger partial charge in [0.15, 0.2) is 0 Å². The lowest BCUT2D eigenvalue weighted by Gasteiger charge is -2.13. The third kappa shape index (κ3) is 3.32. The second-order valence-electron chi connectivity index (χ2n) is 6.86. The van der Waals surface area contributed by atoms with E-state index in [4.69, 9.17) is 9.47 Å². The van der Waals surface area contributed by atoms with Gasteiger partial charge in [-0.1, -0.05) is 24.3 Å². The Labute approximate surface area is 156 Å². The molecule has 2 heteroatoms. The third-order valence-electron chi connectivity index (χ3n) is 4.88. The number of ether oxygens (including phenoxy) is 2. The van der Waals surface area contributed by atoms with Gasteiger partial charge in [-0.25, -0.2) is 0 Å². The highest BCUT2D eigenvalue weighted by atomic mass is 16.5. The molecule has 0 radical (unpaired) electrons. The SMILES string of the molecule is COc1c(C)cc(-c2ccc(-c3cc(C)c(OC)c(C)c3)cc2)cc1C. The summed E-state index contributed by atoms with van der Waals surface area (Å²) in [5.41, 5.74) is 9.50. The molecule has 0 fully saturated rings. The number of benzene rings is 3. The molecule has 0 aliphatic carbocycles. The van der Waals surface area contributed by atoms with Crippen molar-refractivity contribution < 1.29 is 9.47 Å². The van der Waals surface area contributed by atoms with E-state index in [1.165, 1.54) is 22.3 Å². The normalized spacial score (nSPS) is 10.7. The fourth-order valence-electron chi connectivity index (χ4n) is 3.73. The predicted octanol–water partition coefficient (Wildman–Crippen LogP) is 6.27. The van der Waals surface area contributed by atoms with Gasteiger partial charge in [-0.05, 0) is 96.5 Å². The molecule has 0 atom stereocenters. The molecule has 0 unspecified atom stereocenters. The first-order chi connectivity index (χ1) is 12.4. The highest BCUT2D eigenvalue weighted by Crippen LogP contribution is 2.33. The minimum Gasteiger partial charge on any atom is -0.496 e. The Morgan fingerprint density at radius 1 is 0.462 bits per heavy atom. The van der Waals surface area contributed by atoms with Crippen molar-refractivity contribution in [2.75, 3.05) is 14.2 Å². The summed E-state index contributed by atoms with van der Waals surface area (Å²) in [5.74, 6) is 1.93. The van der Waals surface area contributed by atoms with E-state index in [-0.39, 0.29) is 0 Å². The van der Waals surface area contributed by atoms with Gasteiger partial charge < -0.3 is 9.47 Å². The summed E-state index contributed by atoms with van der Waals surface area (Å²) in [6.07, 6.45) is 0. The number of aryl methyl sites for hydroxylation is 4. The van der Waals surface area contributed by atoms with Crippen LogP contribution < -0.4 is 9.47 Å². The van der Waals surface area contributed by atoms with Crippen molar-refractivity contribution in [1.82, 2.24) is 0 Å². The van der Waals surface area contributed by atoms with Crippen LogP contribution in [0.3, 0.4) is 0 Å². The summed E-state index contributed by atoms with van der Waals surface area (Å²) < 4.78 is 10.9. The first kappa shape index (κ1) is 18.1. The van der Waals surface area contributed by atoms with Crippen molar-refractivity contribution in [2.24, 2.45) is 0 Å². The van der Waals surface area contributed by atoms with Crippen LogP contribution in [0.25, 0.3) is 22.3 Å². The predicted molar refractivity (Wildman–Crippen MR) is 109 cm³/mol. The van der Waals surface area contributed by atoms with Crippen LogP contribution in [0.15, 0.2) is 48.5 Å².